The Morgan fingerprint density at radius 2 is 2.11 bits per heavy atom. The molecule has 0 bridgehead atoms. The van der Waals surface area contributed by atoms with Crippen LogP contribution in [-0.2, 0) is 10.0 Å². The van der Waals surface area contributed by atoms with Gasteiger partial charge in [-0.25, -0.2) is 13.1 Å². The van der Waals surface area contributed by atoms with Gasteiger partial charge in [0.05, 0.1) is 5.02 Å². The molecule has 0 aliphatic carbocycles. The maximum absolute atomic E-state index is 12.0. The summed E-state index contributed by atoms with van der Waals surface area (Å²) < 4.78 is 26.6. The molecule has 1 aliphatic heterocycles. The van der Waals surface area contributed by atoms with Crippen molar-refractivity contribution in [2.75, 3.05) is 13.1 Å². The maximum atomic E-state index is 12.0. The summed E-state index contributed by atoms with van der Waals surface area (Å²) in [5.74, 6) is 0. The Morgan fingerprint density at radius 3 is 2.74 bits per heavy atom. The maximum Gasteiger partial charge on any atom is 0.242 e. The van der Waals surface area contributed by atoms with E-state index in [0.29, 0.717) is 12.6 Å². The zero-order chi connectivity index (χ0) is 13.0. The standard InChI is InChI=1S/C12H17ClN2O2S.ClH/c13-11-5-1-2-6-12(11)18(16,17)15-9-7-10-4-3-8-14-10;/h1-2,5-6,10,14-15H,3-4,7-9H2;1H/t10-;/m1./s1. The van der Waals surface area contributed by atoms with Gasteiger partial charge in [-0.15, -0.1) is 12.4 Å². The molecule has 1 heterocycles. The molecule has 1 aromatic rings. The summed E-state index contributed by atoms with van der Waals surface area (Å²) >= 11 is 5.88. The van der Waals surface area contributed by atoms with Crippen LogP contribution in [0.2, 0.25) is 5.02 Å². The molecule has 0 unspecified atom stereocenters. The van der Waals surface area contributed by atoms with E-state index in [1.807, 2.05) is 0 Å². The Bertz CT molecular complexity index is 502. The molecule has 7 heteroatoms. The zero-order valence-electron chi connectivity index (χ0n) is 10.4. The van der Waals surface area contributed by atoms with Gasteiger partial charge in [-0.05, 0) is 37.9 Å². The molecule has 2 N–H and O–H groups in total. The monoisotopic (exact) mass is 324 g/mol. The fourth-order valence-corrected chi connectivity index (χ4v) is 3.68. The molecule has 1 fully saturated rings. The second-order valence-electron chi connectivity index (χ2n) is 4.41. The summed E-state index contributed by atoms with van der Waals surface area (Å²) in [6.07, 6.45) is 3.10. The molecule has 1 atom stereocenters. The first-order valence-corrected chi connectivity index (χ1v) is 7.93. The van der Waals surface area contributed by atoms with E-state index in [1.165, 1.54) is 12.5 Å². The van der Waals surface area contributed by atoms with Crippen molar-refractivity contribution in [2.45, 2.75) is 30.2 Å². The average Bonchev–Trinajstić information content (AvgIpc) is 2.82. The van der Waals surface area contributed by atoms with Gasteiger partial charge in [-0.1, -0.05) is 23.7 Å². The molecule has 1 saturated heterocycles. The fraction of sp³-hybridized carbons (Fsp3) is 0.500. The van der Waals surface area contributed by atoms with Gasteiger partial charge in [0, 0.05) is 12.6 Å². The van der Waals surface area contributed by atoms with Crippen LogP contribution in [0.15, 0.2) is 29.2 Å². The number of nitrogens with one attached hydrogen (secondary N) is 2. The summed E-state index contributed by atoms with van der Waals surface area (Å²) in [5, 5.41) is 3.59. The molecular formula is C12H18Cl2N2O2S. The Hall–Kier alpha value is -0.330. The van der Waals surface area contributed by atoms with Gasteiger partial charge in [-0.3, -0.25) is 0 Å². The third-order valence-corrected chi connectivity index (χ3v) is 5.03. The first-order chi connectivity index (χ1) is 8.59. The van der Waals surface area contributed by atoms with Crippen LogP contribution in [0, 0.1) is 0 Å². The van der Waals surface area contributed by atoms with E-state index in [1.54, 1.807) is 18.2 Å². The summed E-state index contributed by atoms with van der Waals surface area (Å²) in [6, 6.07) is 6.90. The Morgan fingerprint density at radius 1 is 1.37 bits per heavy atom. The lowest BCUT2D eigenvalue weighted by molar-refractivity contribution is 0.539. The summed E-state index contributed by atoms with van der Waals surface area (Å²) in [6.45, 7) is 1.47. The molecule has 4 nitrogen and oxygen atoms in total. The van der Waals surface area contributed by atoms with E-state index in [0.717, 1.165) is 19.4 Å². The van der Waals surface area contributed by atoms with Crippen LogP contribution in [0.4, 0.5) is 0 Å². The molecule has 0 spiro atoms. The molecule has 19 heavy (non-hydrogen) atoms. The van der Waals surface area contributed by atoms with Gasteiger partial charge in [-0.2, -0.15) is 0 Å². The van der Waals surface area contributed by atoms with Crippen LogP contribution in [0.5, 0.6) is 0 Å². The van der Waals surface area contributed by atoms with Crippen LogP contribution < -0.4 is 10.0 Å². The third kappa shape index (κ3) is 4.61. The average molecular weight is 325 g/mol. The van der Waals surface area contributed by atoms with Gasteiger partial charge < -0.3 is 5.32 Å². The SMILES string of the molecule is Cl.O=S(=O)(NCC[C@H]1CCCN1)c1ccccc1Cl. The molecule has 0 saturated carbocycles. The number of benzene rings is 1. The first-order valence-electron chi connectivity index (χ1n) is 6.07. The normalized spacial score (nSPS) is 19.1. The lowest BCUT2D eigenvalue weighted by Crippen LogP contribution is -2.30. The van der Waals surface area contributed by atoms with Crippen LogP contribution in [0.3, 0.4) is 0 Å². The van der Waals surface area contributed by atoms with Crippen molar-refractivity contribution in [3.8, 4) is 0 Å². The van der Waals surface area contributed by atoms with Gasteiger partial charge in [0.1, 0.15) is 4.90 Å². The minimum absolute atomic E-state index is 0. The largest absolute Gasteiger partial charge is 0.314 e. The molecule has 0 aromatic heterocycles. The molecule has 108 valence electrons. The highest BCUT2D eigenvalue weighted by Crippen LogP contribution is 2.20. The van der Waals surface area contributed by atoms with Crippen LogP contribution in [0.1, 0.15) is 19.3 Å². The fourth-order valence-electron chi connectivity index (χ4n) is 2.11. The highest BCUT2D eigenvalue weighted by Gasteiger charge is 2.18. The van der Waals surface area contributed by atoms with E-state index in [4.69, 9.17) is 11.6 Å². The summed E-state index contributed by atoms with van der Waals surface area (Å²) in [4.78, 5) is 0.144. The van der Waals surface area contributed by atoms with Gasteiger partial charge >= 0.3 is 0 Å². The number of sulfonamides is 1. The number of hydrogen-bond acceptors (Lipinski definition) is 3. The lowest BCUT2D eigenvalue weighted by atomic mass is 10.2. The molecule has 1 aromatic carbocycles. The van der Waals surface area contributed by atoms with Crippen molar-refractivity contribution in [1.29, 1.82) is 0 Å². The van der Waals surface area contributed by atoms with Crippen molar-refractivity contribution < 1.29 is 8.42 Å². The summed E-state index contributed by atoms with van der Waals surface area (Å²) in [7, 11) is -3.49. The predicted octanol–water partition coefficient (Wildman–Crippen LogP) is 2.18. The summed E-state index contributed by atoms with van der Waals surface area (Å²) in [5.41, 5.74) is 0. The number of rotatable bonds is 5. The second kappa shape index (κ2) is 7.45. The topological polar surface area (TPSA) is 58.2 Å². The highest BCUT2D eigenvalue weighted by atomic mass is 35.5. The highest BCUT2D eigenvalue weighted by molar-refractivity contribution is 7.89. The second-order valence-corrected chi connectivity index (χ2v) is 6.55. The predicted molar refractivity (Wildman–Crippen MR) is 79.5 cm³/mol. The van der Waals surface area contributed by atoms with E-state index in [9.17, 15) is 8.42 Å². The van der Waals surface area contributed by atoms with Crippen LogP contribution >= 0.6 is 24.0 Å². The number of hydrogen-bond donors (Lipinski definition) is 2. The van der Waals surface area contributed by atoms with Crippen molar-refractivity contribution in [3.05, 3.63) is 29.3 Å². The lowest BCUT2D eigenvalue weighted by Gasteiger charge is -2.11. The minimum atomic E-state index is -3.49. The van der Waals surface area contributed by atoms with Crippen molar-refractivity contribution in [2.24, 2.45) is 0 Å². The quantitative estimate of drug-likeness (QED) is 0.872. The Labute approximate surface area is 125 Å². The van der Waals surface area contributed by atoms with E-state index in [-0.39, 0.29) is 22.3 Å². The molecule has 0 amide bonds. The Kier molecular flexibility index (Phi) is 6.56. The van der Waals surface area contributed by atoms with Crippen molar-refractivity contribution >= 4 is 34.0 Å². The van der Waals surface area contributed by atoms with Gasteiger partial charge in [0.15, 0.2) is 0 Å². The van der Waals surface area contributed by atoms with Crippen molar-refractivity contribution in [1.82, 2.24) is 10.0 Å². The third-order valence-electron chi connectivity index (χ3n) is 3.07. The van der Waals surface area contributed by atoms with Crippen LogP contribution in [-0.4, -0.2) is 27.5 Å². The molecule has 0 radical (unpaired) electrons. The van der Waals surface area contributed by atoms with Crippen molar-refractivity contribution in [3.63, 3.8) is 0 Å². The van der Waals surface area contributed by atoms with Crippen LogP contribution in [0.25, 0.3) is 0 Å². The first kappa shape index (κ1) is 16.7. The van der Waals surface area contributed by atoms with E-state index >= 15 is 0 Å². The number of halogens is 2. The zero-order valence-corrected chi connectivity index (χ0v) is 12.8. The minimum Gasteiger partial charge on any atom is -0.314 e. The van der Waals surface area contributed by atoms with E-state index in [2.05, 4.69) is 10.0 Å². The van der Waals surface area contributed by atoms with Gasteiger partial charge in [0.2, 0.25) is 10.0 Å². The van der Waals surface area contributed by atoms with Gasteiger partial charge in [0.25, 0.3) is 0 Å². The van der Waals surface area contributed by atoms with E-state index < -0.39 is 10.0 Å². The molecule has 1 aliphatic rings. The molecular weight excluding hydrogens is 307 g/mol. The molecule has 2 rings (SSSR count). The Balaban J connectivity index is 0.00000180. The smallest absolute Gasteiger partial charge is 0.242 e.